The average Bonchev–Trinajstić information content (AvgIpc) is 2.85. The molecule has 15 heavy (non-hydrogen) atoms. The third-order valence-electron chi connectivity index (χ3n) is 4.76. The number of hydrogen-bond acceptors (Lipinski definition) is 2. The fraction of sp³-hybridized carbons (Fsp3) is 1.00. The van der Waals surface area contributed by atoms with Gasteiger partial charge in [0, 0.05) is 19.7 Å². The van der Waals surface area contributed by atoms with Crippen molar-refractivity contribution in [2.24, 2.45) is 10.8 Å². The van der Waals surface area contributed by atoms with Crippen LogP contribution in [-0.4, -0.2) is 37.7 Å². The first-order valence-electron chi connectivity index (χ1n) is 6.14. The van der Waals surface area contributed by atoms with Gasteiger partial charge in [0.1, 0.15) is 0 Å². The van der Waals surface area contributed by atoms with E-state index in [1.165, 1.54) is 19.3 Å². The highest BCUT2D eigenvalue weighted by molar-refractivity contribution is 5.11. The van der Waals surface area contributed by atoms with Crippen molar-refractivity contribution in [3.8, 4) is 0 Å². The molecule has 0 amide bonds. The van der Waals surface area contributed by atoms with Crippen LogP contribution in [0.25, 0.3) is 0 Å². The highest BCUT2D eigenvalue weighted by atomic mass is 16.5. The first-order valence-corrected chi connectivity index (χ1v) is 6.14. The number of rotatable bonds is 2. The van der Waals surface area contributed by atoms with E-state index < -0.39 is 0 Å². The van der Waals surface area contributed by atoms with Crippen molar-refractivity contribution in [1.29, 1.82) is 0 Å². The topological polar surface area (TPSA) is 12.5 Å². The lowest BCUT2D eigenvalue weighted by molar-refractivity contribution is 0.0960. The van der Waals surface area contributed by atoms with Gasteiger partial charge in [-0.3, -0.25) is 0 Å². The van der Waals surface area contributed by atoms with Gasteiger partial charge in [-0.05, 0) is 37.1 Å². The van der Waals surface area contributed by atoms with E-state index in [9.17, 15) is 0 Å². The van der Waals surface area contributed by atoms with Crippen molar-refractivity contribution in [2.45, 2.75) is 52.2 Å². The Morgan fingerprint density at radius 3 is 2.20 bits per heavy atom. The second kappa shape index (κ2) is 3.46. The fourth-order valence-corrected chi connectivity index (χ4v) is 3.49. The molecule has 88 valence electrons. The van der Waals surface area contributed by atoms with Crippen molar-refractivity contribution in [1.82, 2.24) is 4.90 Å². The van der Waals surface area contributed by atoms with Gasteiger partial charge < -0.3 is 9.64 Å². The number of likely N-dealkylation sites (N-methyl/N-ethyl adjacent to an activating group) is 1. The number of nitrogens with zero attached hydrogens (tertiary/aromatic N) is 1. The Labute approximate surface area is 94.0 Å². The predicted octanol–water partition coefficient (Wildman–Crippen LogP) is 2.53. The standard InChI is InChI=1S/C13H25NO/c1-12(2,3)13(6-7-13)11-8-10(15-5)9-14(11)4/h10-11H,6-9H2,1-5H3. The third-order valence-corrected chi connectivity index (χ3v) is 4.76. The summed E-state index contributed by atoms with van der Waals surface area (Å²) in [4.78, 5) is 2.52. The Morgan fingerprint density at radius 1 is 1.27 bits per heavy atom. The Hall–Kier alpha value is -0.0800. The van der Waals surface area contributed by atoms with Gasteiger partial charge in [0.05, 0.1) is 6.10 Å². The highest BCUT2D eigenvalue weighted by Crippen LogP contribution is 2.63. The van der Waals surface area contributed by atoms with E-state index in [1.807, 2.05) is 7.11 Å². The van der Waals surface area contributed by atoms with Crippen LogP contribution >= 0.6 is 0 Å². The van der Waals surface area contributed by atoms with Gasteiger partial charge in [-0.1, -0.05) is 20.8 Å². The quantitative estimate of drug-likeness (QED) is 0.696. The first kappa shape index (κ1) is 11.4. The van der Waals surface area contributed by atoms with E-state index >= 15 is 0 Å². The largest absolute Gasteiger partial charge is 0.380 e. The molecule has 1 aliphatic heterocycles. The Morgan fingerprint density at radius 2 is 1.87 bits per heavy atom. The maximum atomic E-state index is 5.51. The number of likely N-dealkylation sites (tertiary alicyclic amines) is 1. The smallest absolute Gasteiger partial charge is 0.0713 e. The van der Waals surface area contributed by atoms with Crippen LogP contribution in [0.3, 0.4) is 0 Å². The number of hydrogen-bond donors (Lipinski definition) is 0. The average molecular weight is 211 g/mol. The zero-order chi connectivity index (χ0) is 11.3. The van der Waals surface area contributed by atoms with Crippen LogP contribution in [0.15, 0.2) is 0 Å². The van der Waals surface area contributed by atoms with Gasteiger partial charge in [0.15, 0.2) is 0 Å². The summed E-state index contributed by atoms with van der Waals surface area (Å²) in [6, 6.07) is 0.738. The van der Waals surface area contributed by atoms with E-state index in [4.69, 9.17) is 4.74 Å². The van der Waals surface area contributed by atoms with Gasteiger partial charge >= 0.3 is 0 Å². The van der Waals surface area contributed by atoms with Crippen LogP contribution in [0, 0.1) is 10.8 Å². The SMILES string of the molecule is COC1CC(C2(C(C)(C)C)CC2)N(C)C1. The molecule has 2 heteroatoms. The number of ether oxygens (including phenoxy) is 1. The molecule has 0 spiro atoms. The van der Waals surface area contributed by atoms with Gasteiger partial charge in [0.2, 0.25) is 0 Å². The van der Waals surface area contributed by atoms with Crippen LogP contribution in [0.4, 0.5) is 0 Å². The van der Waals surface area contributed by atoms with Crippen molar-refractivity contribution in [3.63, 3.8) is 0 Å². The van der Waals surface area contributed by atoms with Crippen LogP contribution in [0.5, 0.6) is 0 Å². The molecule has 1 aliphatic carbocycles. The second-order valence-electron chi connectivity index (χ2n) is 6.45. The lowest BCUT2D eigenvalue weighted by Gasteiger charge is -2.39. The van der Waals surface area contributed by atoms with Crippen LogP contribution in [0.1, 0.15) is 40.0 Å². The van der Waals surface area contributed by atoms with Crippen molar-refractivity contribution in [2.75, 3.05) is 20.7 Å². The summed E-state index contributed by atoms with van der Waals surface area (Å²) in [6.45, 7) is 8.30. The lowest BCUT2D eigenvalue weighted by Crippen LogP contribution is -2.41. The summed E-state index contributed by atoms with van der Waals surface area (Å²) in [7, 11) is 4.10. The normalized spacial score (nSPS) is 35.8. The lowest BCUT2D eigenvalue weighted by atomic mass is 9.72. The molecular weight excluding hydrogens is 186 g/mol. The molecule has 0 aromatic carbocycles. The molecule has 1 saturated heterocycles. The molecule has 1 saturated carbocycles. The molecule has 0 N–H and O–H groups in total. The summed E-state index contributed by atoms with van der Waals surface area (Å²) in [5.74, 6) is 0. The van der Waals surface area contributed by atoms with Gasteiger partial charge in [-0.15, -0.1) is 0 Å². The molecule has 2 nitrogen and oxygen atoms in total. The third kappa shape index (κ3) is 1.72. The van der Waals surface area contributed by atoms with Crippen molar-refractivity contribution < 1.29 is 4.74 Å². The summed E-state index contributed by atoms with van der Waals surface area (Å²) < 4.78 is 5.51. The van der Waals surface area contributed by atoms with Crippen LogP contribution < -0.4 is 0 Å². The maximum Gasteiger partial charge on any atom is 0.0713 e. The van der Waals surface area contributed by atoms with E-state index in [2.05, 4.69) is 32.7 Å². The van der Waals surface area contributed by atoms with E-state index in [0.29, 0.717) is 16.9 Å². The predicted molar refractivity (Wildman–Crippen MR) is 63.0 cm³/mol. The summed E-state index contributed by atoms with van der Waals surface area (Å²) in [5, 5.41) is 0. The zero-order valence-corrected chi connectivity index (χ0v) is 10.8. The summed E-state index contributed by atoms with van der Waals surface area (Å²) >= 11 is 0. The van der Waals surface area contributed by atoms with Crippen molar-refractivity contribution >= 4 is 0 Å². The highest BCUT2D eigenvalue weighted by Gasteiger charge is 2.59. The molecule has 0 aromatic rings. The molecular formula is C13H25NO. The molecule has 2 aliphatic rings. The minimum atomic E-state index is 0.439. The Kier molecular flexibility index (Phi) is 2.63. The molecule has 2 unspecified atom stereocenters. The van der Waals surface area contributed by atoms with E-state index in [-0.39, 0.29) is 0 Å². The zero-order valence-electron chi connectivity index (χ0n) is 10.8. The molecule has 0 bridgehead atoms. The minimum absolute atomic E-state index is 0.439. The summed E-state index contributed by atoms with van der Waals surface area (Å²) in [6.07, 6.45) is 4.49. The molecule has 2 atom stereocenters. The number of methoxy groups -OCH3 is 1. The van der Waals surface area contributed by atoms with Gasteiger partial charge in [-0.25, -0.2) is 0 Å². The monoisotopic (exact) mass is 211 g/mol. The Balaban J connectivity index is 2.12. The van der Waals surface area contributed by atoms with Crippen molar-refractivity contribution in [3.05, 3.63) is 0 Å². The molecule has 2 fully saturated rings. The van der Waals surface area contributed by atoms with E-state index in [1.54, 1.807) is 0 Å². The van der Waals surface area contributed by atoms with Gasteiger partial charge in [-0.2, -0.15) is 0 Å². The van der Waals surface area contributed by atoms with Crippen LogP contribution in [-0.2, 0) is 4.74 Å². The molecule has 2 rings (SSSR count). The minimum Gasteiger partial charge on any atom is -0.380 e. The van der Waals surface area contributed by atoms with Crippen LogP contribution in [0.2, 0.25) is 0 Å². The van der Waals surface area contributed by atoms with E-state index in [0.717, 1.165) is 12.6 Å². The second-order valence-corrected chi connectivity index (χ2v) is 6.45. The molecule has 0 aromatic heterocycles. The fourth-order valence-electron chi connectivity index (χ4n) is 3.49. The molecule has 1 heterocycles. The van der Waals surface area contributed by atoms with Gasteiger partial charge in [0.25, 0.3) is 0 Å². The first-order chi connectivity index (χ1) is 6.90. The Bertz CT molecular complexity index is 239. The maximum absolute atomic E-state index is 5.51. The summed E-state index contributed by atoms with van der Waals surface area (Å²) in [5.41, 5.74) is 1.00. The molecule has 0 radical (unpaired) electrons.